The molecule has 1 atom stereocenters. The zero-order valence-electron chi connectivity index (χ0n) is 9.69. The van der Waals surface area contributed by atoms with Crippen molar-refractivity contribution in [2.45, 2.75) is 6.42 Å². The first kappa shape index (κ1) is 12.6. The van der Waals surface area contributed by atoms with Gasteiger partial charge >= 0.3 is 5.97 Å². The predicted molar refractivity (Wildman–Crippen MR) is 65.4 cm³/mol. The summed E-state index contributed by atoms with van der Waals surface area (Å²) >= 11 is 1.20. The average molecular weight is 268 g/mol. The van der Waals surface area contributed by atoms with Crippen molar-refractivity contribution in [1.29, 1.82) is 0 Å². The summed E-state index contributed by atoms with van der Waals surface area (Å²) in [7, 11) is 1.28. The quantitative estimate of drug-likeness (QED) is 0.787. The van der Waals surface area contributed by atoms with E-state index in [1.165, 1.54) is 18.4 Å². The lowest BCUT2D eigenvalue weighted by Gasteiger charge is -2.08. The number of methoxy groups -OCH3 is 1. The van der Waals surface area contributed by atoms with E-state index in [1.54, 1.807) is 11.4 Å². The summed E-state index contributed by atoms with van der Waals surface area (Å²) in [5, 5.41) is 6.93. The summed E-state index contributed by atoms with van der Waals surface area (Å²) in [6, 6.07) is 1.64. The van der Waals surface area contributed by atoms with Gasteiger partial charge in [0.2, 0.25) is 11.8 Å². The number of nitrogens with one attached hydrogen (secondary N) is 2. The fraction of sp³-hybridized carbons (Fsp3) is 0.364. The highest BCUT2D eigenvalue weighted by Crippen LogP contribution is 2.24. The maximum absolute atomic E-state index is 11.9. The zero-order chi connectivity index (χ0) is 13.1. The molecular formula is C11H12N2O4S. The maximum Gasteiger partial charge on any atom is 0.350 e. The number of amides is 2. The lowest BCUT2D eigenvalue weighted by molar-refractivity contribution is -0.123. The Kier molecular flexibility index (Phi) is 3.61. The van der Waals surface area contributed by atoms with E-state index in [0.29, 0.717) is 17.1 Å². The lowest BCUT2D eigenvalue weighted by Crippen LogP contribution is -2.25. The predicted octanol–water partition coefficient (Wildman–Crippen LogP) is 0.609. The highest BCUT2D eigenvalue weighted by atomic mass is 32.1. The molecule has 0 aliphatic carbocycles. The van der Waals surface area contributed by atoms with E-state index < -0.39 is 5.97 Å². The summed E-state index contributed by atoms with van der Waals surface area (Å²) in [6.07, 6.45) is 0.184. The summed E-state index contributed by atoms with van der Waals surface area (Å²) in [5.74, 6) is -1.27. The van der Waals surface area contributed by atoms with E-state index in [9.17, 15) is 14.4 Å². The van der Waals surface area contributed by atoms with Crippen LogP contribution in [0.5, 0.6) is 0 Å². The first-order chi connectivity index (χ1) is 8.61. The van der Waals surface area contributed by atoms with Gasteiger partial charge in [0.1, 0.15) is 4.88 Å². The standard InChI is InChI=1S/C11H12N2O4S/c1-17-11(16)9-7(2-3-18-9)13-10(15)6-4-8(14)12-5-6/h2-3,6H,4-5H2,1H3,(H,12,14)(H,13,15). The summed E-state index contributed by atoms with van der Waals surface area (Å²) in [6.45, 7) is 0.336. The molecule has 18 heavy (non-hydrogen) atoms. The maximum atomic E-state index is 11.9. The van der Waals surface area contributed by atoms with Crippen LogP contribution in [0.1, 0.15) is 16.1 Å². The van der Waals surface area contributed by atoms with Crippen molar-refractivity contribution in [3.05, 3.63) is 16.3 Å². The van der Waals surface area contributed by atoms with Crippen LogP contribution in [0.2, 0.25) is 0 Å². The SMILES string of the molecule is COC(=O)c1sccc1NC(=O)C1CNC(=O)C1. The Morgan fingerprint density at radius 3 is 2.94 bits per heavy atom. The minimum absolute atomic E-state index is 0.131. The lowest BCUT2D eigenvalue weighted by atomic mass is 10.1. The summed E-state index contributed by atoms with van der Waals surface area (Å²) in [5.41, 5.74) is 0.427. The Bertz CT molecular complexity index is 497. The Labute approximate surface area is 107 Å². The van der Waals surface area contributed by atoms with Crippen LogP contribution in [-0.4, -0.2) is 31.4 Å². The van der Waals surface area contributed by atoms with Gasteiger partial charge in [0.15, 0.2) is 0 Å². The molecule has 1 aromatic heterocycles. The van der Waals surface area contributed by atoms with Crippen LogP contribution < -0.4 is 10.6 Å². The zero-order valence-corrected chi connectivity index (χ0v) is 10.5. The molecule has 1 unspecified atom stereocenters. The van der Waals surface area contributed by atoms with E-state index in [1.807, 2.05) is 0 Å². The molecular weight excluding hydrogens is 256 g/mol. The van der Waals surface area contributed by atoms with Crippen LogP contribution in [0.15, 0.2) is 11.4 Å². The van der Waals surface area contributed by atoms with Gasteiger partial charge in [0.05, 0.1) is 18.7 Å². The van der Waals surface area contributed by atoms with Crippen LogP contribution in [0.3, 0.4) is 0 Å². The van der Waals surface area contributed by atoms with Gasteiger partial charge in [-0.05, 0) is 11.4 Å². The minimum Gasteiger partial charge on any atom is -0.465 e. The number of carbonyl (C=O) groups is 3. The van der Waals surface area contributed by atoms with Crippen LogP contribution in [0, 0.1) is 5.92 Å². The smallest absolute Gasteiger partial charge is 0.350 e. The molecule has 96 valence electrons. The highest BCUT2D eigenvalue weighted by Gasteiger charge is 2.28. The summed E-state index contributed by atoms with van der Waals surface area (Å²) < 4.78 is 4.61. The number of carbonyl (C=O) groups excluding carboxylic acids is 3. The van der Waals surface area contributed by atoms with Gasteiger partial charge in [0.25, 0.3) is 0 Å². The first-order valence-corrected chi connectivity index (χ1v) is 6.23. The molecule has 2 rings (SSSR count). The van der Waals surface area contributed by atoms with Crippen molar-refractivity contribution in [2.75, 3.05) is 19.0 Å². The van der Waals surface area contributed by atoms with Gasteiger partial charge in [-0.3, -0.25) is 9.59 Å². The molecule has 0 spiro atoms. The van der Waals surface area contributed by atoms with E-state index >= 15 is 0 Å². The third-order valence-corrected chi connectivity index (χ3v) is 3.54. The molecule has 1 aliphatic heterocycles. The first-order valence-electron chi connectivity index (χ1n) is 5.35. The number of ether oxygens (including phenoxy) is 1. The normalized spacial score (nSPS) is 18.3. The van der Waals surface area contributed by atoms with Gasteiger partial charge in [0, 0.05) is 13.0 Å². The third-order valence-electron chi connectivity index (χ3n) is 2.64. The van der Waals surface area contributed by atoms with Crippen LogP contribution in [0.4, 0.5) is 5.69 Å². The van der Waals surface area contributed by atoms with Crippen LogP contribution in [0.25, 0.3) is 0 Å². The number of hydrogen-bond donors (Lipinski definition) is 2. The minimum atomic E-state index is -0.485. The second-order valence-electron chi connectivity index (χ2n) is 3.85. The molecule has 0 bridgehead atoms. The number of hydrogen-bond acceptors (Lipinski definition) is 5. The highest BCUT2D eigenvalue weighted by molar-refractivity contribution is 7.12. The van der Waals surface area contributed by atoms with Gasteiger partial charge in [-0.25, -0.2) is 4.79 Å². The molecule has 0 radical (unpaired) electrons. The third kappa shape index (κ3) is 2.51. The van der Waals surface area contributed by atoms with Gasteiger partial charge in [-0.2, -0.15) is 0 Å². The fourth-order valence-electron chi connectivity index (χ4n) is 1.68. The Balaban J connectivity index is 2.05. The molecule has 2 heterocycles. The van der Waals surface area contributed by atoms with Crippen molar-refractivity contribution < 1.29 is 19.1 Å². The van der Waals surface area contributed by atoms with E-state index in [4.69, 9.17) is 0 Å². The largest absolute Gasteiger partial charge is 0.465 e. The van der Waals surface area contributed by atoms with Crippen molar-refractivity contribution in [3.8, 4) is 0 Å². The van der Waals surface area contributed by atoms with Gasteiger partial charge < -0.3 is 15.4 Å². The topological polar surface area (TPSA) is 84.5 Å². The van der Waals surface area contributed by atoms with E-state index in [-0.39, 0.29) is 24.2 Å². The average Bonchev–Trinajstić information content (AvgIpc) is 2.97. The molecule has 2 N–H and O–H groups in total. The molecule has 2 amide bonds. The Morgan fingerprint density at radius 2 is 2.33 bits per heavy atom. The second-order valence-corrected chi connectivity index (χ2v) is 4.77. The number of rotatable bonds is 3. The Hall–Kier alpha value is -1.89. The second kappa shape index (κ2) is 5.18. The molecule has 1 aromatic rings. The van der Waals surface area contributed by atoms with Crippen molar-refractivity contribution in [3.63, 3.8) is 0 Å². The molecule has 1 fully saturated rings. The molecule has 1 saturated heterocycles. The molecule has 6 nitrogen and oxygen atoms in total. The van der Waals surface area contributed by atoms with Gasteiger partial charge in [-0.1, -0.05) is 0 Å². The van der Waals surface area contributed by atoms with Crippen molar-refractivity contribution in [1.82, 2.24) is 5.32 Å². The fourth-order valence-corrected chi connectivity index (χ4v) is 2.45. The van der Waals surface area contributed by atoms with Gasteiger partial charge in [-0.15, -0.1) is 11.3 Å². The van der Waals surface area contributed by atoms with Crippen molar-refractivity contribution >= 4 is 34.8 Å². The molecule has 1 aliphatic rings. The Morgan fingerprint density at radius 1 is 1.56 bits per heavy atom. The van der Waals surface area contributed by atoms with E-state index in [2.05, 4.69) is 15.4 Å². The molecule has 0 aromatic carbocycles. The molecule has 0 saturated carbocycles. The van der Waals surface area contributed by atoms with Crippen molar-refractivity contribution in [2.24, 2.45) is 5.92 Å². The number of thiophene rings is 1. The molecule has 7 heteroatoms. The monoisotopic (exact) mass is 268 g/mol. The number of anilines is 1. The number of esters is 1. The van der Waals surface area contributed by atoms with Crippen LogP contribution >= 0.6 is 11.3 Å². The van der Waals surface area contributed by atoms with Crippen LogP contribution in [-0.2, 0) is 14.3 Å². The van der Waals surface area contributed by atoms with E-state index in [0.717, 1.165) is 0 Å². The summed E-state index contributed by atoms with van der Waals surface area (Å²) in [4.78, 5) is 34.7.